The fourth-order valence-corrected chi connectivity index (χ4v) is 4.40. The van der Waals surface area contributed by atoms with Crippen molar-refractivity contribution in [1.29, 1.82) is 0 Å². The van der Waals surface area contributed by atoms with E-state index in [2.05, 4.69) is 21.3 Å². The van der Waals surface area contributed by atoms with Gasteiger partial charge >= 0.3 is 5.69 Å². The van der Waals surface area contributed by atoms with E-state index in [0.29, 0.717) is 5.41 Å². The van der Waals surface area contributed by atoms with Crippen LogP contribution in [0.3, 0.4) is 0 Å². The average molecular weight is 314 g/mol. The number of imidazole rings is 1. The maximum absolute atomic E-state index is 11.9. The van der Waals surface area contributed by atoms with Crippen LogP contribution in [0.25, 0.3) is 11.0 Å². The van der Waals surface area contributed by atoms with Crippen molar-refractivity contribution in [2.45, 2.75) is 32.2 Å². The molecule has 1 aromatic carbocycles. The Bertz CT molecular complexity index is 744. The second-order valence-electron chi connectivity index (χ2n) is 7.33. The van der Waals surface area contributed by atoms with Crippen LogP contribution in [0.15, 0.2) is 23.0 Å². The molecule has 2 aromatic rings. The first-order chi connectivity index (χ1) is 11.2. The van der Waals surface area contributed by atoms with Crippen molar-refractivity contribution in [3.8, 4) is 0 Å². The minimum absolute atomic E-state index is 0.0280. The van der Waals surface area contributed by atoms with E-state index >= 15 is 0 Å². The summed E-state index contributed by atoms with van der Waals surface area (Å²) in [4.78, 5) is 17.4. The Morgan fingerprint density at radius 2 is 1.87 bits per heavy atom. The van der Waals surface area contributed by atoms with Crippen LogP contribution in [0.5, 0.6) is 0 Å². The molecule has 5 heteroatoms. The topological polar surface area (TPSA) is 53.1 Å². The van der Waals surface area contributed by atoms with Crippen LogP contribution < -0.4 is 11.0 Å². The lowest BCUT2D eigenvalue weighted by molar-refractivity contribution is 0.0703. The van der Waals surface area contributed by atoms with Crippen molar-refractivity contribution in [3.05, 3.63) is 34.2 Å². The molecule has 23 heavy (non-hydrogen) atoms. The third kappa shape index (κ3) is 2.72. The molecule has 3 heterocycles. The average Bonchev–Trinajstić information content (AvgIpc) is 2.86. The van der Waals surface area contributed by atoms with Crippen LogP contribution in [0.4, 0.5) is 0 Å². The van der Waals surface area contributed by atoms with Crippen LogP contribution in [-0.2, 0) is 13.6 Å². The lowest BCUT2D eigenvalue weighted by atomic mass is 9.71. The number of aryl methyl sites for hydroxylation is 1. The zero-order chi connectivity index (χ0) is 15.9. The number of aromatic nitrogens is 2. The normalized spacial score (nSPS) is 22.0. The molecule has 2 N–H and O–H groups in total. The van der Waals surface area contributed by atoms with Crippen LogP contribution in [0, 0.1) is 5.41 Å². The van der Waals surface area contributed by atoms with Crippen molar-refractivity contribution >= 4 is 11.0 Å². The Labute approximate surface area is 136 Å². The van der Waals surface area contributed by atoms with Gasteiger partial charge in [-0.1, -0.05) is 12.1 Å². The van der Waals surface area contributed by atoms with Gasteiger partial charge in [0.2, 0.25) is 0 Å². The molecule has 1 spiro atoms. The summed E-state index contributed by atoms with van der Waals surface area (Å²) in [7, 11) is 1.85. The monoisotopic (exact) mass is 314 g/mol. The Balaban J connectivity index is 1.50. The molecule has 0 bridgehead atoms. The Kier molecular flexibility index (Phi) is 3.77. The summed E-state index contributed by atoms with van der Waals surface area (Å²) < 4.78 is 1.74. The van der Waals surface area contributed by atoms with E-state index in [1.807, 2.05) is 19.2 Å². The number of H-pyrrole nitrogens is 1. The second-order valence-corrected chi connectivity index (χ2v) is 7.33. The molecular formula is C18H26N4O. The summed E-state index contributed by atoms with van der Waals surface area (Å²) in [6.45, 7) is 5.66. The second kappa shape index (κ2) is 5.80. The Hall–Kier alpha value is -1.59. The smallest absolute Gasteiger partial charge is 0.317 e. The van der Waals surface area contributed by atoms with E-state index in [1.165, 1.54) is 57.4 Å². The van der Waals surface area contributed by atoms with Crippen molar-refractivity contribution in [1.82, 2.24) is 19.8 Å². The number of aromatic amines is 1. The fourth-order valence-electron chi connectivity index (χ4n) is 4.40. The summed E-state index contributed by atoms with van der Waals surface area (Å²) >= 11 is 0. The van der Waals surface area contributed by atoms with Crippen molar-refractivity contribution in [2.24, 2.45) is 12.5 Å². The lowest BCUT2D eigenvalue weighted by Crippen LogP contribution is -2.45. The maximum atomic E-state index is 11.9. The van der Waals surface area contributed by atoms with Gasteiger partial charge in [0.15, 0.2) is 0 Å². The molecule has 0 amide bonds. The number of hydrogen-bond acceptors (Lipinski definition) is 3. The molecule has 1 aromatic heterocycles. The molecule has 0 atom stereocenters. The van der Waals surface area contributed by atoms with Gasteiger partial charge in [-0.3, -0.25) is 9.47 Å². The Morgan fingerprint density at radius 1 is 1.13 bits per heavy atom. The highest BCUT2D eigenvalue weighted by atomic mass is 16.1. The minimum atomic E-state index is -0.0280. The molecule has 4 rings (SSSR count). The highest BCUT2D eigenvalue weighted by Crippen LogP contribution is 2.39. The highest BCUT2D eigenvalue weighted by Gasteiger charge is 2.35. The maximum Gasteiger partial charge on any atom is 0.326 e. The molecule has 2 saturated heterocycles. The van der Waals surface area contributed by atoms with Gasteiger partial charge in [0.05, 0.1) is 11.0 Å². The molecule has 0 unspecified atom stereocenters. The van der Waals surface area contributed by atoms with Crippen LogP contribution in [-0.4, -0.2) is 40.6 Å². The molecular weight excluding hydrogens is 288 g/mol. The summed E-state index contributed by atoms with van der Waals surface area (Å²) in [5.74, 6) is 0. The number of rotatable bonds is 2. The molecule has 124 valence electrons. The first kappa shape index (κ1) is 15.0. The number of para-hydroxylation sites is 1. The van der Waals surface area contributed by atoms with Crippen molar-refractivity contribution < 1.29 is 0 Å². The number of benzene rings is 1. The van der Waals surface area contributed by atoms with Gasteiger partial charge in [0.1, 0.15) is 0 Å². The van der Waals surface area contributed by atoms with Crippen molar-refractivity contribution in [3.63, 3.8) is 0 Å². The SMILES string of the molecule is Cn1c(=O)[nH]c2cccc(CN3CCC4(CCNCC4)CC3)c21. The van der Waals surface area contributed by atoms with Gasteiger partial charge in [-0.25, -0.2) is 4.79 Å². The molecule has 2 aliphatic heterocycles. The summed E-state index contributed by atoms with van der Waals surface area (Å²) in [5, 5.41) is 3.49. The van der Waals surface area contributed by atoms with Gasteiger partial charge in [-0.2, -0.15) is 0 Å². The lowest BCUT2D eigenvalue weighted by Gasteiger charge is -2.44. The predicted octanol–water partition coefficient (Wildman–Crippen LogP) is 1.83. The number of nitrogens with zero attached hydrogens (tertiary/aromatic N) is 2. The van der Waals surface area contributed by atoms with E-state index in [9.17, 15) is 4.79 Å². The molecule has 0 aliphatic carbocycles. The van der Waals surface area contributed by atoms with Crippen LogP contribution in [0.2, 0.25) is 0 Å². The predicted molar refractivity (Wildman–Crippen MR) is 92.6 cm³/mol. The first-order valence-corrected chi connectivity index (χ1v) is 8.77. The summed E-state index contributed by atoms with van der Waals surface area (Å²) in [5.41, 5.74) is 3.82. The molecule has 2 fully saturated rings. The third-order valence-corrected chi connectivity index (χ3v) is 5.98. The van der Waals surface area contributed by atoms with Gasteiger partial charge in [-0.15, -0.1) is 0 Å². The number of piperidine rings is 2. The van der Waals surface area contributed by atoms with E-state index < -0.39 is 0 Å². The van der Waals surface area contributed by atoms with E-state index in [1.54, 1.807) is 4.57 Å². The third-order valence-electron chi connectivity index (χ3n) is 5.98. The fraction of sp³-hybridized carbons (Fsp3) is 0.611. The van der Waals surface area contributed by atoms with Gasteiger partial charge in [0, 0.05) is 13.6 Å². The zero-order valence-electron chi connectivity index (χ0n) is 13.9. The number of fused-ring (bicyclic) bond motifs is 1. The van der Waals surface area contributed by atoms with Crippen LogP contribution in [0.1, 0.15) is 31.2 Å². The Morgan fingerprint density at radius 3 is 2.61 bits per heavy atom. The van der Waals surface area contributed by atoms with Gasteiger partial charge < -0.3 is 10.3 Å². The van der Waals surface area contributed by atoms with E-state index in [4.69, 9.17) is 0 Å². The van der Waals surface area contributed by atoms with E-state index in [-0.39, 0.29) is 5.69 Å². The summed E-state index contributed by atoms with van der Waals surface area (Å²) in [6.07, 6.45) is 5.30. The quantitative estimate of drug-likeness (QED) is 0.889. The van der Waals surface area contributed by atoms with Crippen LogP contribution >= 0.6 is 0 Å². The molecule has 2 aliphatic rings. The number of likely N-dealkylation sites (tertiary alicyclic amines) is 1. The highest BCUT2D eigenvalue weighted by molar-refractivity contribution is 5.78. The zero-order valence-corrected chi connectivity index (χ0v) is 13.9. The van der Waals surface area contributed by atoms with E-state index in [0.717, 1.165) is 17.6 Å². The largest absolute Gasteiger partial charge is 0.326 e. The summed E-state index contributed by atoms with van der Waals surface area (Å²) in [6, 6.07) is 6.19. The number of nitrogens with one attached hydrogen (secondary N) is 2. The van der Waals surface area contributed by atoms with Crippen molar-refractivity contribution in [2.75, 3.05) is 26.2 Å². The molecule has 5 nitrogen and oxygen atoms in total. The molecule has 0 radical (unpaired) electrons. The van der Waals surface area contributed by atoms with Gasteiger partial charge in [-0.05, 0) is 68.9 Å². The minimum Gasteiger partial charge on any atom is -0.317 e. The first-order valence-electron chi connectivity index (χ1n) is 8.77. The standard InChI is InChI=1S/C18H26N4O/c1-21-16-14(3-2-4-15(16)20-17(21)23)13-22-11-7-18(8-12-22)5-9-19-10-6-18/h2-4,19H,5-13H2,1H3,(H,20,23). The molecule has 0 saturated carbocycles. The number of hydrogen-bond donors (Lipinski definition) is 2. The van der Waals surface area contributed by atoms with Gasteiger partial charge in [0.25, 0.3) is 0 Å².